The van der Waals surface area contributed by atoms with Gasteiger partial charge in [0.05, 0.1) is 0 Å². The molecule has 1 saturated heterocycles. The highest BCUT2D eigenvalue weighted by molar-refractivity contribution is 7.10. The third-order valence-electron chi connectivity index (χ3n) is 3.77. The van der Waals surface area contributed by atoms with Gasteiger partial charge in [-0.2, -0.15) is 0 Å². The summed E-state index contributed by atoms with van der Waals surface area (Å²) in [6, 6.07) is 2.15. The van der Waals surface area contributed by atoms with E-state index in [0.717, 1.165) is 19.5 Å². The number of hydrogen-bond acceptors (Lipinski definition) is 4. The fourth-order valence-electron chi connectivity index (χ4n) is 2.62. The highest BCUT2D eigenvalue weighted by Gasteiger charge is 2.28. The van der Waals surface area contributed by atoms with Gasteiger partial charge in [0.1, 0.15) is 0 Å². The van der Waals surface area contributed by atoms with Crippen molar-refractivity contribution in [3.8, 4) is 0 Å². The van der Waals surface area contributed by atoms with Gasteiger partial charge in [-0.1, -0.05) is 13.0 Å². The molecule has 1 aromatic rings. The van der Waals surface area contributed by atoms with Crippen LogP contribution in [0.25, 0.3) is 0 Å². The summed E-state index contributed by atoms with van der Waals surface area (Å²) >= 11 is 1.32. The number of piperidine rings is 1. The predicted molar refractivity (Wildman–Crippen MR) is 81.4 cm³/mol. The van der Waals surface area contributed by atoms with Gasteiger partial charge in [0.15, 0.2) is 6.04 Å². The van der Waals surface area contributed by atoms with Crippen LogP contribution in [0.2, 0.25) is 0 Å². The molecule has 1 aliphatic rings. The first kappa shape index (κ1) is 15.8. The Morgan fingerprint density at radius 2 is 2.29 bits per heavy atom. The molecule has 7 heteroatoms. The molecule has 0 aliphatic carbocycles. The van der Waals surface area contributed by atoms with Crippen LogP contribution in [0.3, 0.4) is 0 Å². The van der Waals surface area contributed by atoms with Gasteiger partial charge in [-0.05, 0) is 37.4 Å². The molecule has 0 aromatic carbocycles. The van der Waals surface area contributed by atoms with Gasteiger partial charge < -0.3 is 20.6 Å². The number of rotatable bonds is 4. The van der Waals surface area contributed by atoms with E-state index in [9.17, 15) is 14.7 Å². The molecule has 2 rings (SSSR count). The number of nitrogens with zero attached hydrogens (tertiary/aromatic N) is 1. The van der Waals surface area contributed by atoms with E-state index in [1.807, 2.05) is 0 Å². The van der Waals surface area contributed by atoms with E-state index in [-0.39, 0.29) is 6.04 Å². The Balaban J connectivity index is 1.92. The second-order valence-electron chi connectivity index (χ2n) is 5.54. The van der Waals surface area contributed by atoms with E-state index in [1.165, 1.54) is 11.3 Å². The Morgan fingerprint density at radius 3 is 2.86 bits per heavy atom. The summed E-state index contributed by atoms with van der Waals surface area (Å²) in [5.74, 6) is -0.705. The lowest BCUT2D eigenvalue weighted by molar-refractivity contribution is -0.139. The van der Waals surface area contributed by atoms with Gasteiger partial charge in [0.25, 0.3) is 0 Å². The molecule has 2 amide bonds. The summed E-state index contributed by atoms with van der Waals surface area (Å²) in [5, 5.41) is 16.5. The summed E-state index contributed by atoms with van der Waals surface area (Å²) < 4.78 is 0. The van der Waals surface area contributed by atoms with Crippen molar-refractivity contribution < 1.29 is 14.7 Å². The molecule has 0 spiro atoms. The van der Waals surface area contributed by atoms with Gasteiger partial charge in [-0.25, -0.2) is 9.59 Å². The quantitative estimate of drug-likeness (QED) is 0.787. The maximum atomic E-state index is 12.1. The predicted octanol–water partition coefficient (Wildman–Crippen LogP) is 1.51. The number of carboxylic acid groups (broad SMARTS) is 1. The molecule has 1 aliphatic heterocycles. The Morgan fingerprint density at radius 1 is 1.52 bits per heavy atom. The van der Waals surface area contributed by atoms with E-state index in [2.05, 4.69) is 29.5 Å². The number of amides is 2. The average Bonchev–Trinajstić information content (AvgIpc) is 2.92. The van der Waals surface area contributed by atoms with Crippen molar-refractivity contribution in [3.05, 3.63) is 22.4 Å². The van der Waals surface area contributed by atoms with Crippen molar-refractivity contribution in [3.63, 3.8) is 0 Å². The number of urea groups is 1. The zero-order valence-corrected chi connectivity index (χ0v) is 13.0. The molecule has 3 atom stereocenters. The lowest BCUT2D eigenvalue weighted by Crippen LogP contribution is -2.52. The third kappa shape index (κ3) is 4.18. The maximum Gasteiger partial charge on any atom is 0.331 e. The van der Waals surface area contributed by atoms with Gasteiger partial charge >= 0.3 is 12.0 Å². The average molecular weight is 311 g/mol. The topological polar surface area (TPSA) is 81.7 Å². The zero-order chi connectivity index (χ0) is 15.4. The van der Waals surface area contributed by atoms with Crippen LogP contribution in [0.4, 0.5) is 4.79 Å². The molecule has 1 fully saturated rings. The van der Waals surface area contributed by atoms with Crippen LogP contribution < -0.4 is 10.6 Å². The van der Waals surface area contributed by atoms with E-state index in [0.29, 0.717) is 10.8 Å². The van der Waals surface area contributed by atoms with Crippen LogP contribution in [0.15, 0.2) is 17.5 Å². The van der Waals surface area contributed by atoms with Crippen LogP contribution in [-0.2, 0) is 4.79 Å². The first-order valence-corrected chi connectivity index (χ1v) is 7.87. The van der Waals surface area contributed by atoms with Crippen molar-refractivity contribution in [2.24, 2.45) is 5.92 Å². The van der Waals surface area contributed by atoms with Crippen molar-refractivity contribution in [1.82, 2.24) is 15.5 Å². The largest absolute Gasteiger partial charge is 0.479 e. The van der Waals surface area contributed by atoms with Gasteiger partial charge in [-0.15, -0.1) is 11.3 Å². The number of carbonyl (C=O) groups excluding carboxylic acids is 1. The van der Waals surface area contributed by atoms with E-state index >= 15 is 0 Å². The molecule has 1 aromatic heterocycles. The Hall–Kier alpha value is -1.60. The minimum atomic E-state index is -1.05. The molecule has 6 nitrogen and oxygen atoms in total. The molecule has 0 saturated carbocycles. The SMILES string of the molecule is CC1CN(C)CCC1NC(=O)NC(C(=O)O)c1cccs1. The van der Waals surface area contributed by atoms with E-state index in [4.69, 9.17) is 0 Å². The second-order valence-corrected chi connectivity index (χ2v) is 6.52. The Labute approximate surface area is 128 Å². The summed E-state index contributed by atoms with van der Waals surface area (Å²) in [4.78, 5) is 26.2. The molecule has 3 N–H and O–H groups in total. The van der Waals surface area contributed by atoms with Crippen LogP contribution in [0.5, 0.6) is 0 Å². The standard InChI is InChI=1S/C14H21N3O3S/c1-9-8-17(2)6-5-10(9)15-14(20)16-12(13(18)19)11-4-3-7-21-11/h3-4,7,9-10,12H,5-6,8H2,1-2H3,(H,18,19)(H2,15,16,20). The van der Waals surface area contributed by atoms with Crippen molar-refractivity contribution in [2.75, 3.05) is 20.1 Å². The number of carboxylic acids is 1. The van der Waals surface area contributed by atoms with Gasteiger partial charge in [0.2, 0.25) is 0 Å². The lowest BCUT2D eigenvalue weighted by atomic mass is 9.94. The smallest absolute Gasteiger partial charge is 0.331 e. The highest BCUT2D eigenvalue weighted by Crippen LogP contribution is 2.19. The molecule has 116 valence electrons. The van der Waals surface area contributed by atoms with Crippen LogP contribution in [-0.4, -0.2) is 48.2 Å². The van der Waals surface area contributed by atoms with Crippen LogP contribution in [0, 0.1) is 5.92 Å². The first-order valence-electron chi connectivity index (χ1n) is 6.99. The van der Waals surface area contributed by atoms with Crippen molar-refractivity contribution in [2.45, 2.75) is 25.4 Å². The number of carbonyl (C=O) groups is 2. The molecule has 21 heavy (non-hydrogen) atoms. The molecule has 3 unspecified atom stereocenters. The third-order valence-corrected chi connectivity index (χ3v) is 4.71. The fourth-order valence-corrected chi connectivity index (χ4v) is 3.39. The Kier molecular flexibility index (Phi) is 5.19. The first-order chi connectivity index (χ1) is 9.97. The summed E-state index contributed by atoms with van der Waals surface area (Å²) in [5.41, 5.74) is 0. The number of aliphatic carboxylic acids is 1. The molecule has 2 heterocycles. The summed E-state index contributed by atoms with van der Waals surface area (Å²) in [6.07, 6.45) is 0.877. The van der Waals surface area contributed by atoms with Crippen LogP contribution in [0.1, 0.15) is 24.3 Å². The molecule has 0 radical (unpaired) electrons. The highest BCUT2D eigenvalue weighted by atomic mass is 32.1. The zero-order valence-electron chi connectivity index (χ0n) is 12.2. The van der Waals surface area contributed by atoms with Crippen LogP contribution >= 0.6 is 11.3 Å². The summed E-state index contributed by atoms with van der Waals surface area (Å²) in [7, 11) is 2.06. The van der Waals surface area contributed by atoms with E-state index < -0.39 is 18.0 Å². The summed E-state index contributed by atoms with van der Waals surface area (Å²) in [6.45, 7) is 3.95. The second kappa shape index (κ2) is 6.91. The monoisotopic (exact) mass is 311 g/mol. The van der Waals surface area contributed by atoms with E-state index in [1.54, 1.807) is 17.5 Å². The minimum Gasteiger partial charge on any atom is -0.479 e. The number of nitrogens with one attached hydrogen (secondary N) is 2. The molecular weight excluding hydrogens is 290 g/mol. The fraction of sp³-hybridized carbons (Fsp3) is 0.571. The number of hydrogen-bond donors (Lipinski definition) is 3. The van der Waals surface area contributed by atoms with Gasteiger partial charge in [-0.3, -0.25) is 0 Å². The molecule has 0 bridgehead atoms. The Bertz CT molecular complexity index is 492. The van der Waals surface area contributed by atoms with Crippen molar-refractivity contribution in [1.29, 1.82) is 0 Å². The number of thiophene rings is 1. The van der Waals surface area contributed by atoms with Crippen molar-refractivity contribution >= 4 is 23.3 Å². The number of likely N-dealkylation sites (tertiary alicyclic amines) is 1. The maximum absolute atomic E-state index is 12.1. The molecular formula is C14H21N3O3S. The minimum absolute atomic E-state index is 0.0824. The lowest BCUT2D eigenvalue weighted by Gasteiger charge is -2.35. The normalized spacial score (nSPS) is 24.3. The van der Waals surface area contributed by atoms with Gasteiger partial charge in [0, 0.05) is 17.5 Å².